The molecule has 0 bridgehead atoms. The number of benzene rings is 1. The van der Waals surface area contributed by atoms with E-state index in [-0.39, 0.29) is 38.2 Å². The number of carbonyl (C=O) groups excluding carboxylic acids is 1. The van der Waals surface area contributed by atoms with Gasteiger partial charge >= 0.3 is 5.97 Å². The van der Waals surface area contributed by atoms with Crippen LogP contribution >= 0.6 is 34.7 Å². The highest BCUT2D eigenvalue weighted by molar-refractivity contribution is 8.00. The van der Waals surface area contributed by atoms with E-state index in [1.807, 2.05) is 11.4 Å². The number of pyridine rings is 1. The minimum atomic E-state index is -1.16. The van der Waals surface area contributed by atoms with E-state index in [1.165, 1.54) is 29.5 Å². The molecule has 0 aliphatic carbocycles. The number of rotatable bonds is 6. The van der Waals surface area contributed by atoms with Crippen LogP contribution < -0.4 is 11.1 Å². The second-order valence-electron chi connectivity index (χ2n) is 6.41. The Morgan fingerprint density at radius 3 is 2.59 bits per heavy atom. The molecule has 0 radical (unpaired) electrons. The van der Waals surface area contributed by atoms with Crippen molar-refractivity contribution in [2.45, 2.75) is 17.2 Å². The summed E-state index contributed by atoms with van der Waals surface area (Å²) >= 11 is 8.47. The quantitative estimate of drug-likeness (QED) is 0.429. The number of nitriles is 2. The average molecular weight is 484 g/mol. The van der Waals surface area contributed by atoms with Crippen molar-refractivity contribution >= 4 is 58.1 Å². The van der Waals surface area contributed by atoms with Gasteiger partial charge in [-0.1, -0.05) is 23.4 Å². The largest absolute Gasteiger partial charge is 0.478 e. The van der Waals surface area contributed by atoms with Gasteiger partial charge in [-0.15, -0.1) is 0 Å². The summed E-state index contributed by atoms with van der Waals surface area (Å²) in [6.45, 7) is 1.59. The number of carboxylic acids is 1. The van der Waals surface area contributed by atoms with Crippen LogP contribution in [0.3, 0.4) is 0 Å². The van der Waals surface area contributed by atoms with E-state index in [9.17, 15) is 20.1 Å². The number of hydrogen-bond acceptors (Lipinski definition) is 8. The highest BCUT2D eigenvalue weighted by Gasteiger charge is 2.24. The highest BCUT2D eigenvalue weighted by Crippen LogP contribution is 2.38. The Hall–Kier alpha value is -3.57. The first-order valence-corrected chi connectivity index (χ1v) is 11.1. The number of anilines is 2. The first kappa shape index (κ1) is 23.1. The monoisotopic (exact) mass is 483 g/mol. The molecule has 0 aliphatic heterocycles. The van der Waals surface area contributed by atoms with Crippen molar-refractivity contribution in [1.82, 2.24) is 4.98 Å². The third-order valence-electron chi connectivity index (χ3n) is 4.35. The first-order valence-electron chi connectivity index (χ1n) is 8.93. The molecule has 160 valence electrons. The normalized spacial score (nSPS) is 11.2. The molecule has 0 aliphatic rings. The first-order chi connectivity index (χ1) is 15.3. The van der Waals surface area contributed by atoms with Gasteiger partial charge in [-0.2, -0.15) is 21.9 Å². The van der Waals surface area contributed by atoms with E-state index in [0.717, 1.165) is 11.8 Å². The summed E-state index contributed by atoms with van der Waals surface area (Å²) in [5.74, 6) is -1.68. The number of thioether (sulfide) groups is 1. The van der Waals surface area contributed by atoms with Crippen molar-refractivity contribution in [1.29, 1.82) is 10.5 Å². The molecule has 2 aromatic heterocycles. The van der Waals surface area contributed by atoms with Crippen molar-refractivity contribution < 1.29 is 14.7 Å². The van der Waals surface area contributed by atoms with E-state index in [1.54, 1.807) is 18.4 Å². The number of thiophene rings is 1. The van der Waals surface area contributed by atoms with Crippen molar-refractivity contribution in [3.63, 3.8) is 0 Å². The van der Waals surface area contributed by atoms with Crippen molar-refractivity contribution in [3.8, 4) is 23.3 Å². The predicted molar refractivity (Wildman–Crippen MR) is 124 cm³/mol. The van der Waals surface area contributed by atoms with Gasteiger partial charge in [-0.05, 0) is 47.5 Å². The lowest BCUT2D eigenvalue weighted by atomic mass is 9.99. The molecular formula is C21H14ClN5O3S2. The number of halogens is 1. The van der Waals surface area contributed by atoms with Gasteiger partial charge in [-0.3, -0.25) is 4.79 Å². The third-order valence-corrected chi connectivity index (χ3v) is 6.45. The van der Waals surface area contributed by atoms with E-state index < -0.39 is 17.1 Å². The van der Waals surface area contributed by atoms with Crippen molar-refractivity contribution in [2.24, 2.45) is 0 Å². The molecule has 0 saturated carbocycles. The van der Waals surface area contributed by atoms with E-state index in [4.69, 9.17) is 22.4 Å². The zero-order valence-corrected chi connectivity index (χ0v) is 18.8. The Kier molecular flexibility index (Phi) is 7.01. The Morgan fingerprint density at radius 1 is 1.28 bits per heavy atom. The van der Waals surface area contributed by atoms with Gasteiger partial charge in [0.05, 0.1) is 27.1 Å². The molecule has 1 atom stereocenters. The third kappa shape index (κ3) is 4.68. The van der Waals surface area contributed by atoms with Gasteiger partial charge in [0, 0.05) is 5.56 Å². The Balaban J connectivity index is 1.93. The number of hydrogen-bond donors (Lipinski definition) is 3. The molecule has 32 heavy (non-hydrogen) atoms. The number of carboxylic acid groups (broad SMARTS) is 1. The van der Waals surface area contributed by atoms with E-state index in [0.29, 0.717) is 11.1 Å². The number of nitrogen functional groups attached to an aromatic ring is 1. The molecule has 1 unspecified atom stereocenters. The number of aromatic nitrogens is 1. The van der Waals surface area contributed by atoms with Gasteiger partial charge in [-0.25, -0.2) is 9.78 Å². The van der Waals surface area contributed by atoms with Crippen LogP contribution in [-0.2, 0) is 4.79 Å². The van der Waals surface area contributed by atoms with Crippen LogP contribution in [0.2, 0.25) is 5.02 Å². The highest BCUT2D eigenvalue weighted by atomic mass is 35.5. The molecule has 1 amide bonds. The summed E-state index contributed by atoms with van der Waals surface area (Å²) < 4.78 is 0. The number of nitrogens with zero attached hydrogens (tertiary/aromatic N) is 3. The standard InChI is InChI=1S/C21H14ClN5O3S2/c1-10(19(28)26-16-6-11(21(29)30)2-3-15(16)22)32-20-14(8-24)17(12-4-5-31-9-12)13(7-23)18(25)27-20/h2-6,9-10H,1H3,(H2,25,27)(H,26,28)(H,29,30). The fraction of sp³-hybridized carbons (Fsp3) is 0.0952. The summed E-state index contributed by atoms with van der Waals surface area (Å²) in [7, 11) is 0. The maximum atomic E-state index is 12.7. The molecule has 11 heteroatoms. The van der Waals surface area contributed by atoms with Gasteiger partial charge in [0.2, 0.25) is 5.91 Å². The molecule has 0 saturated heterocycles. The minimum absolute atomic E-state index is 0.0290. The van der Waals surface area contributed by atoms with Crippen LogP contribution in [0.25, 0.3) is 11.1 Å². The summed E-state index contributed by atoms with van der Waals surface area (Å²) in [6.07, 6.45) is 0. The van der Waals surface area contributed by atoms with Gasteiger partial charge in [0.25, 0.3) is 0 Å². The zero-order chi connectivity index (χ0) is 23.4. The number of amides is 1. The predicted octanol–water partition coefficient (Wildman–Crippen LogP) is 4.61. The van der Waals surface area contributed by atoms with Crippen LogP contribution in [-0.4, -0.2) is 27.2 Å². The summed E-state index contributed by atoms with van der Waals surface area (Å²) in [4.78, 5) is 28.1. The number of nitrogens with two attached hydrogens (primary N) is 1. The number of aromatic carboxylic acids is 1. The second kappa shape index (κ2) is 9.71. The molecule has 3 aromatic rings. The smallest absolute Gasteiger partial charge is 0.335 e. The van der Waals surface area contributed by atoms with Crippen molar-refractivity contribution in [2.75, 3.05) is 11.1 Å². The van der Waals surface area contributed by atoms with Gasteiger partial charge in [0.1, 0.15) is 28.5 Å². The minimum Gasteiger partial charge on any atom is -0.478 e. The van der Waals surface area contributed by atoms with E-state index >= 15 is 0 Å². The van der Waals surface area contributed by atoms with Crippen LogP contribution in [0.1, 0.15) is 28.4 Å². The van der Waals surface area contributed by atoms with Crippen molar-refractivity contribution in [3.05, 3.63) is 56.7 Å². The number of carbonyl (C=O) groups is 2. The SMILES string of the molecule is CC(Sc1nc(N)c(C#N)c(-c2ccsc2)c1C#N)C(=O)Nc1cc(C(=O)O)ccc1Cl. The molecule has 8 nitrogen and oxygen atoms in total. The Morgan fingerprint density at radius 2 is 2.00 bits per heavy atom. The van der Waals surface area contributed by atoms with Crippen LogP contribution in [0.4, 0.5) is 11.5 Å². The average Bonchev–Trinajstić information content (AvgIpc) is 3.29. The maximum Gasteiger partial charge on any atom is 0.335 e. The molecule has 2 heterocycles. The Labute approximate surface area is 196 Å². The lowest BCUT2D eigenvalue weighted by Gasteiger charge is -2.16. The zero-order valence-electron chi connectivity index (χ0n) is 16.4. The second-order valence-corrected chi connectivity index (χ2v) is 8.93. The van der Waals surface area contributed by atoms with E-state index in [2.05, 4.69) is 16.4 Å². The maximum absolute atomic E-state index is 12.7. The summed E-state index contributed by atoms with van der Waals surface area (Å²) in [5, 5.41) is 34.3. The molecule has 3 rings (SSSR count). The van der Waals surface area contributed by atoms with Crippen LogP contribution in [0.5, 0.6) is 0 Å². The molecule has 0 fully saturated rings. The number of nitrogens with one attached hydrogen (secondary N) is 1. The summed E-state index contributed by atoms with van der Waals surface area (Å²) in [6, 6.07) is 9.80. The van der Waals surface area contributed by atoms with Gasteiger partial charge in [0.15, 0.2) is 0 Å². The van der Waals surface area contributed by atoms with Gasteiger partial charge < -0.3 is 16.2 Å². The molecule has 1 aromatic carbocycles. The fourth-order valence-electron chi connectivity index (χ4n) is 2.79. The topological polar surface area (TPSA) is 153 Å². The Bertz CT molecular complexity index is 1300. The summed E-state index contributed by atoms with van der Waals surface area (Å²) in [5.41, 5.74) is 7.37. The molecular weight excluding hydrogens is 470 g/mol. The van der Waals surface area contributed by atoms with Crippen LogP contribution in [0, 0.1) is 22.7 Å². The molecule has 0 spiro atoms. The lowest BCUT2D eigenvalue weighted by Crippen LogP contribution is -2.23. The lowest BCUT2D eigenvalue weighted by molar-refractivity contribution is -0.115. The fourth-order valence-corrected chi connectivity index (χ4v) is 4.52. The molecule has 4 N–H and O–H groups in total. The van der Waals surface area contributed by atoms with Crippen LogP contribution in [0.15, 0.2) is 40.1 Å².